The molecule has 1 amide bonds. The van der Waals surface area contributed by atoms with Crippen molar-refractivity contribution in [3.05, 3.63) is 42.2 Å². The van der Waals surface area contributed by atoms with Crippen LogP contribution in [0.2, 0.25) is 0 Å². The van der Waals surface area contributed by atoms with Gasteiger partial charge < -0.3 is 4.90 Å². The smallest absolute Gasteiger partial charge is 0.233 e. The maximum Gasteiger partial charge on any atom is 0.233 e. The van der Waals surface area contributed by atoms with Crippen molar-refractivity contribution < 1.29 is 4.79 Å². The second-order valence-electron chi connectivity index (χ2n) is 6.24. The van der Waals surface area contributed by atoms with Crippen molar-refractivity contribution in [1.29, 1.82) is 0 Å². The molecule has 2 aromatic rings. The summed E-state index contributed by atoms with van der Waals surface area (Å²) in [5.74, 6) is 1.29. The van der Waals surface area contributed by atoms with Crippen molar-refractivity contribution >= 4 is 17.7 Å². The van der Waals surface area contributed by atoms with E-state index in [1.807, 2.05) is 23.2 Å². The minimum atomic E-state index is 0.223. The van der Waals surface area contributed by atoms with Gasteiger partial charge in [-0.1, -0.05) is 36.9 Å². The molecule has 1 atom stereocenters. The van der Waals surface area contributed by atoms with Crippen LogP contribution >= 0.6 is 11.8 Å². The predicted molar refractivity (Wildman–Crippen MR) is 94.0 cm³/mol. The highest BCUT2D eigenvalue weighted by atomic mass is 32.2. The third kappa shape index (κ3) is 3.78. The molecule has 1 unspecified atom stereocenters. The van der Waals surface area contributed by atoms with E-state index in [-0.39, 0.29) is 5.91 Å². The molecule has 0 radical (unpaired) electrons. The van der Waals surface area contributed by atoms with E-state index in [0.29, 0.717) is 11.7 Å². The normalized spacial score (nSPS) is 18.2. The summed E-state index contributed by atoms with van der Waals surface area (Å²) < 4.78 is 2.06. The highest BCUT2D eigenvalue weighted by Crippen LogP contribution is 2.24. The van der Waals surface area contributed by atoms with Gasteiger partial charge in [-0.3, -0.25) is 9.36 Å². The SMILES string of the molecule is Cc1ccccc1-n1ccnc1SCC(=O)N1CCCC(C)C1. The molecule has 4 nitrogen and oxygen atoms in total. The lowest BCUT2D eigenvalue weighted by atomic mass is 10.0. The standard InChI is InChI=1S/C18H23N3OS/c1-14-6-5-10-20(12-14)17(22)13-23-18-19-9-11-21(18)16-8-4-3-7-15(16)2/h3-4,7-9,11,14H,5-6,10,12-13H2,1-2H3. The fraction of sp³-hybridized carbons (Fsp3) is 0.444. The van der Waals surface area contributed by atoms with Crippen LogP contribution in [-0.2, 0) is 4.79 Å². The molecule has 0 bridgehead atoms. The second kappa shape index (κ2) is 7.21. The number of aryl methyl sites for hydroxylation is 1. The molecule has 1 aliphatic heterocycles. The van der Waals surface area contributed by atoms with Crippen LogP contribution in [0.15, 0.2) is 41.8 Å². The van der Waals surface area contributed by atoms with Gasteiger partial charge in [-0.15, -0.1) is 0 Å². The molecule has 122 valence electrons. The summed E-state index contributed by atoms with van der Waals surface area (Å²) in [6, 6.07) is 8.22. The zero-order valence-corrected chi connectivity index (χ0v) is 14.6. The van der Waals surface area contributed by atoms with Crippen molar-refractivity contribution in [1.82, 2.24) is 14.5 Å². The number of hydrogen-bond donors (Lipinski definition) is 0. The molecule has 1 aliphatic rings. The average Bonchev–Trinajstić information content (AvgIpc) is 3.01. The van der Waals surface area contributed by atoms with E-state index in [9.17, 15) is 4.79 Å². The molecular weight excluding hydrogens is 306 g/mol. The first-order chi connectivity index (χ1) is 11.1. The van der Waals surface area contributed by atoms with Crippen LogP contribution in [0.4, 0.5) is 0 Å². The van der Waals surface area contributed by atoms with E-state index in [0.717, 1.165) is 30.4 Å². The number of carbonyl (C=O) groups is 1. The minimum absolute atomic E-state index is 0.223. The number of imidazole rings is 1. The van der Waals surface area contributed by atoms with Crippen LogP contribution < -0.4 is 0 Å². The highest BCUT2D eigenvalue weighted by molar-refractivity contribution is 7.99. The largest absolute Gasteiger partial charge is 0.342 e. The minimum Gasteiger partial charge on any atom is -0.342 e. The number of rotatable bonds is 4. The van der Waals surface area contributed by atoms with E-state index in [1.54, 1.807) is 6.20 Å². The van der Waals surface area contributed by atoms with Crippen LogP contribution in [0.3, 0.4) is 0 Å². The fourth-order valence-electron chi connectivity index (χ4n) is 3.05. The Hall–Kier alpha value is -1.75. The molecule has 23 heavy (non-hydrogen) atoms. The second-order valence-corrected chi connectivity index (χ2v) is 7.18. The summed E-state index contributed by atoms with van der Waals surface area (Å²) in [6.45, 7) is 6.10. The quantitative estimate of drug-likeness (QED) is 0.805. The monoisotopic (exact) mass is 329 g/mol. The Kier molecular flexibility index (Phi) is 5.06. The molecule has 1 aromatic carbocycles. The summed E-state index contributed by atoms with van der Waals surface area (Å²) in [5.41, 5.74) is 2.31. The summed E-state index contributed by atoms with van der Waals surface area (Å²) in [4.78, 5) is 18.8. The van der Waals surface area contributed by atoms with Crippen molar-refractivity contribution in [2.45, 2.75) is 31.8 Å². The van der Waals surface area contributed by atoms with E-state index in [4.69, 9.17) is 0 Å². The number of nitrogens with zero attached hydrogens (tertiary/aromatic N) is 3. The van der Waals surface area contributed by atoms with Gasteiger partial charge in [0.05, 0.1) is 11.4 Å². The Bertz CT molecular complexity index is 682. The molecule has 5 heteroatoms. The highest BCUT2D eigenvalue weighted by Gasteiger charge is 2.21. The molecule has 1 saturated heterocycles. The zero-order valence-electron chi connectivity index (χ0n) is 13.7. The lowest BCUT2D eigenvalue weighted by Gasteiger charge is -2.30. The molecule has 0 saturated carbocycles. The van der Waals surface area contributed by atoms with Gasteiger partial charge in [-0.25, -0.2) is 4.98 Å². The number of hydrogen-bond acceptors (Lipinski definition) is 3. The van der Waals surface area contributed by atoms with Gasteiger partial charge in [0, 0.05) is 25.5 Å². The lowest BCUT2D eigenvalue weighted by molar-refractivity contribution is -0.130. The van der Waals surface area contributed by atoms with E-state index < -0.39 is 0 Å². The van der Waals surface area contributed by atoms with Crippen LogP contribution in [0.5, 0.6) is 0 Å². The van der Waals surface area contributed by atoms with Crippen LogP contribution in [-0.4, -0.2) is 39.2 Å². The maximum absolute atomic E-state index is 12.4. The third-order valence-electron chi connectivity index (χ3n) is 4.32. The van der Waals surface area contributed by atoms with Gasteiger partial charge in [0.15, 0.2) is 5.16 Å². The van der Waals surface area contributed by atoms with Crippen LogP contribution in [0.1, 0.15) is 25.3 Å². The lowest BCUT2D eigenvalue weighted by Crippen LogP contribution is -2.40. The summed E-state index contributed by atoms with van der Waals surface area (Å²) in [6.07, 6.45) is 6.10. The Morgan fingerprint density at radius 2 is 2.22 bits per heavy atom. The summed E-state index contributed by atoms with van der Waals surface area (Å²) in [5, 5.41) is 0.873. The van der Waals surface area contributed by atoms with Gasteiger partial charge in [0.1, 0.15) is 0 Å². The molecule has 2 heterocycles. The first-order valence-corrected chi connectivity index (χ1v) is 9.13. The topological polar surface area (TPSA) is 38.1 Å². The van der Waals surface area contributed by atoms with E-state index in [1.165, 1.54) is 23.7 Å². The predicted octanol–water partition coefficient (Wildman–Crippen LogP) is 3.53. The Labute approximate surface area is 141 Å². The number of para-hydroxylation sites is 1. The maximum atomic E-state index is 12.4. The van der Waals surface area contributed by atoms with Crippen LogP contribution in [0, 0.1) is 12.8 Å². The van der Waals surface area contributed by atoms with Crippen molar-refractivity contribution in [3.8, 4) is 5.69 Å². The molecule has 1 aromatic heterocycles. The number of aromatic nitrogens is 2. The van der Waals surface area contributed by atoms with E-state index in [2.05, 4.69) is 35.5 Å². The molecule has 0 aliphatic carbocycles. The first kappa shape index (κ1) is 16.1. The Morgan fingerprint density at radius 1 is 1.39 bits per heavy atom. The summed E-state index contributed by atoms with van der Waals surface area (Å²) in [7, 11) is 0. The van der Waals surface area contributed by atoms with E-state index >= 15 is 0 Å². The molecule has 3 rings (SSSR count). The Morgan fingerprint density at radius 3 is 3.00 bits per heavy atom. The molecular formula is C18H23N3OS. The summed E-state index contributed by atoms with van der Waals surface area (Å²) >= 11 is 1.52. The van der Waals surface area contributed by atoms with Crippen molar-refractivity contribution in [2.24, 2.45) is 5.92 Å². The molecule has 0 N–H and O–H groups in total. The fourth-order valence-corrected chi connectivity index (χ4v) is 3.92. The van der Waals surface area contributed by atoms with Gasteiger partial charge in [-0.05, 0) is 37.3 Å². The zero-order chi connectivity index (χ0) is 16.2. The van der Waals surface area contributed by atoms with Gasteiger partial charge in [0.25, 0.3) is 0 Å². The third-order valence-corrected chi connectivity index (χ3v) is 5.27. The average molecular weight is 329 g/mol. The van der Waals surface area contributed by atoms with Gasteiger partial charge >= 0.3 is 0 Å². The molecule has 0 spiro atoms. The van der Waals surface area contributed by atoms with Crippen molar-refractivity contribution in [3.63, 3.8) is 0 Å². The van der Waals surface area contributed by atoms with Gasteiger partial charge in [0.2, 0.25) is 5.91 Å². The van der Waals surface area contributed by atoms with Crippen molar-refractivity contribution in [2.75, 3.05) is 18.8 Å². The van der Waals surface area contributed by atoms with Crippen LogP contribution in [0.25, 0.3) is 5.69 Å². The Balaban J connectivity index is 1.67. The number of carbonyl (C=O) groups excluding carboxylic acids is 1. The number of thioether (sulfide) groups is 1. The number of likely N-dealkylation sites (tertiary alicyclic amines) is 1. The number of amides is 1. The molecule has 1 fully saturated rings. The number of piperidine rings is 1. The number of benzene rings is 1. The van der Waals surface area contributed by atoms with Gasteiger partial charge in [-0.2, -0.15) is 0 Å². The first-order valence-electron chi connectivity index (χ1n) is 8.15.